The summed E-state index contributed by atoms with van der Waals surface area (Å²) in [5, 5.41) is 2.67. The van der Waals surface area contributed by atoms with E-state index in [1.165, 1.54) is 6.07 Å². The first-order chi connectivity index (χ1) is 9.76. The number of anilines is 2. The molecule has 0 radical (unpaired) electrons. The van der Waals surface area contributed by atoms with Crippen molar-refractivity contribution in [2.45, 2.75) is 12.3 Å². The van der Waals surface area contributed by atoms with Crippen molar-refractivity contribution in [3.8, 4) is 0 Å². The average Bonchev–Trinajstić information content (AvgIpc) is 3.02. The first-order valence-electron chi connectivity index (χ1n) is 6.28. The minimum atomic E-state index is -0.230. The highest BCUT2D eigenvalue weighted by Gasteiger charge is 2.20. The molecule has 0 bridgehead atoms. The van der Waals surface area contributed by atoms with Gasteiger partial charge in [0.1, 0.15) is 5.82 Å². The molecule has 0 fully saturated rings. The van der Waals surface area contributed by atoms with Gasteiger partial charge in [-0.05, 0) is 19.1 Å². The van der Waals surface area contributed by atoms with E-state index in [4.69, 9.17) is 0 Å². The second kappa shape index (κ2) is 5.54. The molecule has 3 nitrogen and oxygen atoms in total. The number of para-hydroxylation sites is 1. The number of benzene rings is 1. The predicted octanol–water partition coefficient (Wildman–Crippen LogP) is 4.59. The van der Waals surface area contributed by atoms with Gasteiger partial charge in [-0.1, -0.05) is 28.1 Å². The Hall–Kier alpha value is -1.40. The van der Waals surface area contributed by atoms with Gasteiger partial charge in [0, 0.05) is 23.5 Å². The SMILES string of the molecule is CCN(c1ccccc1F)c1nc2sccn2c1CBr. The number of hydrogen-bond acceptors (Lipinski definition) is 3. The van der Waals surface area contributed by atoms with E-state index >= 15 is 0 Å². The van der Waals surface area contributed by atoms with Crippen molar-refractivity contribution >= 4 is 43.7 Å². The average molecular weight is 354 g/mol. The molecule has 0 N–H and O–H groups in total. The van der Waals surface area contributed by atoms with E-state index in [2.05, 4.69) is 20.9 Å². The van der Waals surface area contributed by atoms with Gasteiger partial charge in [0.05, 0.1) is 11.4 Å². The fourth-order valence-electron chi connectivity index (χ4n) is 2.27. The Balaban J connectivity index is 2.16. The normalized spacial score (nSPS) is 11.2. The van der Waals surface area contributed by atoms with Crippen molar-refractivity contribution in [3.63, 3.8) is 0 Å². The molecular weight excluding hydrogens is 341 g/mol. The summed E-state index contributed by atoms with van der Waals surface area (Å²) in [6, 6.07) is 6.80. The van der Waals surface area contributed by atoms with Crippen LogP contribution in [0.25, 0.3) is 4.96 Å². The molecule has 0 spiro atoms. The van der Waals surface area contributed by atoms with Crippen LogP contribution in [0.1, 0.15) is 12.6 Å². The van der Waals surface area contributed by atoms with Crippen LogP contribution < -0.4 is 4.90 Å². The van der Waals surface area contributed by atoms with Gasteiger partial charge in [-0.15, -0.1) is 11.3 Å². The van der Waals surface area contributed by atoms with Crippen LogP contribution in [0, 0.1) is 5.82 Å². The van der Waals surface area contributed by atoms with Gasteiger partial charge in [0.15, 0.2) is 10.8 Å². The number of halogens is 2. The van der Waals surface area contributed by atoms with Crippen molar-refractivity contribution in [1.82, 2.24) is 9.38 Å². The number of fused-ring (bicyclic) bond motifs is 1. The number of alkyl halides is 1. The Bertz CT molecular complexity index is 737. The minimum absolute atomic E-state index is 0.230. The van der Waals surface area contributed by atoms with Crippen molar-refractivity contribution in [2.75, 3.05) is 11.4 Å². The maximum Gasteiger partial charge on any atom is 0.195 e. The Morgan fingerprint density at radius 3 is 2.90 bits per heavy atom. The topological polar surface area (TPSA) is 20.5 Å². The standard InChI is InChI=1S/C14H13BrFN3S/c1-2-18(11-6-4-3-5-10(11)16)13-12(9-15)19-7-8-20-14(19)17-13/h3-8H,2,9H2,1H3. The largest absolute Gasteiger partial charge is 0.323 e. The Morgan fingerprint density at radius 1 is 1.40 bits per heavy atom. The van der Waals surface area contributed by atoms with Crippen LogP contribution in [0.5, 0.6) is 0 Å². The number of imidazole rings is 1. The lowest BCUT2D eigenvalue weighted by Crippen LogP contribution is -2.19. The maximum atomic E-state index is 14.0. The lowest BCUT2D eigenvalue weighted by molar-refractivity contribution is 0.625. The molecule has 0 atom stereocenters. The summed E-state index contributed by atoms with van der Waals surface area (Å²) in [6.07, 6.45) is 1.99. The van der Waals surface area contributed by atoms with E-state index in [0.717, 1.165) is 16.5 Å². The molecule has 2 aromatic heterocycles. The van der Waals surface area contributed by atoms with Crippen LogP contribution in [0.2, 0.25) is 0 Å². The van der Waals surface area contributed by atoms with Gasteiger partial charge in [-0.3, -0.25) is 4.40 Å². The zero-order valence-corrected chi connectivity index (χ0v) is 13.3. The van der Waals surface area contributed by atoms with Gasteiger partial charge in [0.2, 0.25) is 0 Å². The molecule has 0 aliphatic heterocycles. The van der Waals surface area contributed by atoms with Gasteiger partial charge in [-0.2, -0.15) is 0 Å². The summed E-state index contributed by atoms with van der Waals surface area (Å²) in [5.74, 6) is 0.576. The third-order valence-corrected chi connectivity index (χ3v) is 4.47. The van der Waals surface area contributed by atoms with Crippen LogP contribution in [-0.2, 0) is 5.33 Å². The van der Waals surface area contributed by atoms with Gasteiger partial charge >= 0.3 is 0 Å². The molecule has 0 unspecified atom stereocenters. The molecule has 104 valence electrons. The van der Waals surface area contributed by atoms with Crippen LogP contribution in [0.15, 0.2) is 35.8 Å². The number of aromatic nitrogens is 2. The molecular formula is C14H13BrFN3S. The van der Waals surface area contributed by atoms with E-state index < -0.39 is 0 Å². The first-order valence-corrected chi connectivity index (χ1v) is 8.28. The van der Waals surface area contributed by atoms with Crippen LogP contribution in [-0.4, -0.2) is 15.9 Å². The molecule has 0 saturated carbocycles. The zero-order chi connectivity index (χ0) is 14.1. The Morgan fingerprint density at radius 2 is 2.20 bits per heavy atom. The molecule has 3 aromatic rings. The minimum Gasteiger partial charge on any atom is -0.323 e. The third kappa shape index (κ3) is 2.13. The monoisotopic (exact) mass is 353 g/mol. The van der Waals surface area contributed by atoms with Crippen molar-refractivity contribution < 1.29 is 4.39 Å². The molecule has 0 amide bonds. The smallest absolute Gasteiger partial charge is 0.195 e. The number of hydrogen-bond donors (Lipinski definition) is 0. The Labute approximate surface area is 128 Å². The number of thiazole rings is 1. The van der Waals surface area contributed by atoms with Crippen LogP contribution >= 0.6 is 27.3 Å². The zero-order valence-electron chi connectivity index (χ0n) is 10.9. The molecule has 3 rings (SSSR count). The fraction of sp³-hybridized carbons (Fsp3) is 0.214. The summed E-state index contributed by atoms with van der Waals surface area (Å²) >= 11 is 5.08. The second-order valence-electron chi connectivity index (χ2n) is 4.27. The van der Waals surface area contributed by atoms with Crippen molar-refractivity contribution in [1.29, 1.82) is 0 Å². The number of rotatable bonds is 4. The lowest BCUT2D eigenvalue weighted by Gasteiger charge is -2.22. The van der Waals surface area contributed by atoms with Crippen LogP contribution in [0.3, 0.4) is 0 Å². The summed E-state index contributed by atoms with van der Waals surface area (Å²) < 4.78 is 16.1. The molecule has 0 aliphatic rings. The maximum absolute atomic E-state index is 14.0. The molecule has 0 saturated heterocycles. The third-order valence-electron chi connectivity index (χ3n) is 3.18. The molecule has 6 heteroatoms. The fourth-order valence-corrected chi connectivity index (χ4v) is 3.52. The lowest BCUT2D eigenvalue weighted by atomic mass is 10.2. The molecule has 1 aromatic carbocycles. The van der Waals surface area contributed by atoms with E-state index in [9.17, 15) is 4.39 Å². The summed E-state index contributed by atoms with van der Waals surface area (Å²) in [7, 11) is 0. The summed E-state index contributed by atoms with van der Waals surface area (Å²) in [5.41, 5.74) is 1.59. The highest BCUT2D eigenvalue weighted by molar-refractivity contribution is 9.08. The summed E-state index contributed by atoms with van der Waals surface area (Å²) in [6.45, 7) is 2.66. The van der Waals surface area contributed by atoms with E-state index in [0.29, 0.717) is 17.6 Å². The molecule has 2 heterocycles. The first kappa shape index (κ1) is 13.6. The van der Waals surface area contributed by atoms with Crippen molar-refractivity contribution in [3.05, 3.63) is 47.4 Å². The van der Waals surface area contributed by atoms with Crippen molar-refractivity contribution in [2.24, 2.45) is 0 Å². The summed E-state index contributed by atoms with van der Waals surface area (Å²) in [4.78, 5) is 7.47. The van der Waals surface area contributed by atoms with E-state index in [-0.39, 0.29) is 5.82 Å². The van der Waals surface area contributed by atoms with E-state index in [1.54, 1.807) is 23.5 Å². The van der Waals surface area contributed by atoms with Crippen LogP contribution in [0.4, 0.5) is 15.9 Å². The quantitative estimate of drug-likeness (QED) is 0.639. The highest BCUT2D eigenvalue weighted by atomic mass is 79.9. The molecule has 0 aliphatic carbocycles. The highest BCUT2D eigenvalue weighted by Crippen LogP contribution is 2.32. The van der Waals surface area contributed by atoms with E-state index in [1.807, 2.05) is 33.9 Å². The van der Waals surface area contributed by atoms with Gasteiger partial charge in [-0.25, -0.2) is 9.37 Å². The molecule has 20 heavy (non-hydrogen) atoms. The second-order valence-corrected chi connectivity index (χ2v) is 5.70. The van der Waals surface area contributed by atoms with Gasteiger partial charge in [0.25, 0.3) is 0 Å². The Kier molecular flexibility index (Phi) is 3.76. The van der Waals surface area contributed by atoms with Gasteiger partial charge < -0.3 is 4.90 Å². The predicted molar refractivity (Wildman–Crippen MR) is 84.8 cm³/mol. The number of nitrogens with zero attached hydrogens (tertiary/aromatic N) is 3.